The van der Waals surface area contributed by atoms with E-state index in [4.69, 9.17) is 0 Å². The van der Waals surface area contributed by atoms with E-state index in [1.165, 1.54) is 0 Å². The topological polar surface area (TPSA) is 66.4 Å². The first-order chi connectivity index (χ1) is 15.5. The van der Waals surface area contributed by atoms with Crippen LogP contribution >= 0.6 is 0 Å². The summed E-state index contributed by atoms with van der Waals surface area (Å²) in [5.41, 5.74) is 5.49. The molecule has 3 aromatic rings. The molecule has 3 heterocycles. The molecule has 2 fully saturated rings. The number of anilines is 1. The number of carbonyl (C=O) groups is 2. The molecule has 2 aromatic carbocycles. The first-order valence-electron chi connectivity index (χ1n) is 11.2. The van der Waals surface area contributed by atoms with Crippen molar-refractivity contribution in [2.75, 3.05) is 24.5 Å². The molecule has 0 bridgehead atoms. The summed E-state index contributed by atoms with van der Waals surface area (Å²) < 4.78 is 0. The van der Waals surface area contributed by atoms with Gasteiger partial charge in [0.1, 0.15) is 0 Å². The highest BCUT2D eigenvalue weighted by atomic mass is 16.2. The van der Waals surface area contributed by atoms with Crippen molar-refractivity contribution >= 4 is 17.6 Å². The molecule has 1 aliphatic carbocycles. The first kappa shape index (κ1) is 19.2. The number of nitrogens with zero attached hydrogens (tertiary/aromatic N) is 4. The molecule has 3 aliphatic rings. The zero-order valence-electron chi connectivity index (χ0n) is 18.2. The Kier molecular flexibility index (Phi) is 4.18. The summed E-state index contributed by atoms with van der Waals surface area (Å²) in [5, 5.41) is 0. The summed E-state index contributed by atoms with van der Waals surface area (Å²) in [5.74, 6) is 1.32. The Labute approximate surface area is 186 Å². The van der Waals surface area contributed by atoms with Gasteiger partial charge in [0.05, 0.1) is 6.04 Å². The number of ketones is 1. The molecular formula is C26H24N4O2. The molecule has 6 rings (SSSR count). The van der Waals surface area contributed by atoms with Gasteiger partial charge in [-0.2, -0.15) is 0 Å². The molecule has 2 saturated heterocycles. The second-order valence-corrected chi connectivity index (χ2v) is 9.07. The maximum atomic E-state index is 13.7. The SMILES string of the molecule is Cc1cc(C)nc(N2C[C@@H]3CCN(C(=O)c4cccc5c4-c4ccccc4C5=O)C[C@@H]32)n1. The number of fused-ring (bicyclic) bond motifs is 4. The number of likely N-dealkylation sites (tertiary alicyclic amines) is 1. The van der Waals surface area contributed by atoms with E-state index < -0.39 is 0 Å². The highest BCUT2D eigenvalue weighted by Crippen LogP contribution is 2.40. The highest BCUT2D eigenvalue weighted by Gasteiger charge is 2.45. The van der Waals surface area contributed by atoms with Gasteiger partial charge in [0.15, 0.2) is 5.78 Å². The monoisotopic (exact) mass is 424 g/mol. The molecule has 0 spiro atoms. The number of aryl methyl sites for hydroxylation is 2. The van der Waals surface area contributed by atoms with Gasteiger partial charge < -0.3 is 9.80 Å². The minimum Gasteiger partial charge on any atom is -0.337 e. The van der Waals surface area contributed by atoms with E-state index in [1.54, 1.807) is 0 Å². The number of piperidine rings is 1. The summed E-state index contributed by atoms with van der Waals surface area (Å²) in [7, 11) is 0. The normalized spacial score (nSPS) is 21.0. The minimum atomic E-state index is -0.00186. The lowest BCUT2D eigenvalue weighted by molar-refractivity contribution is 0.0590. The Balaban J connectivity index is 1.30. The predicted molar refractivity (Wildman–Crippen MR) is 122 cm³/mol. The molecule has 6 heteroatoms. The van der Waals surface area contributed by atoms with Crippen LogP contribution in [0.25, 0.3) is 11.1 Å². The first-order valence-corrected chi connectivity index (χ1v) is 11.2. The molecule has 6 nitrogen and oxygen atoms in total. The zero-order valence-corrected chi connectivity index (χ0v) is 18.2. The van der Waals surface area contributed by atoms with Gasteiger partial charge in [-0.15, -0.1) is 0 Å². The fraction of sp³-hybridized carbons (Fsp3) is 0.308. The van der Waals surface area contributed by atoms with Crippen molar-refractivity contribution < 1.29 is 9.59 Å². The molecule has 0 saturated carbocycles. The number of hydrogen-bond acceptors (Lipinski definition) is 5. The standard InChI is InChI=1S/C26H24N4O2/c1-15-12-16(2)28-26(27-15)30-13-17-10-11-29(14-22(17)30)25(32)21-9-5-8-20-23(21)18-6-3-4-7-19(18)24(20)31/h3-9,12,17,22H,10-11,13-14H2,1-2H3/t17-,22-/m0/s1. The smallest absolute Gasteiger partial charge is 0.254 e. The van der Waals surface area contributed by atoms with Crippen molar-refractivity contribution in [3.8, 4) is 11.1 Å². The Hall–Kier alpha value is -3.54. The number of aromatic nitrogens is 2. The molecular weight excluding hydrogens is 400 g/mol. The Morgan fingerprint density at radius 3 is 2.44 bits per heavy atom. The van der Waals surface area contributed by atoms with Crippen LogP contribution in [0.1, 0.15) is 44.1 Å². The van der Waals surface area contributed by atoms with E-state index in [2.05, 4.69) is 14.9 Å². The van der Waals surface area contributed by atoms with Crippen LogP contribution in [0.4, 0.5) is 5.95 Å². The average molecular weight is 425 g/mol. The minimum absolute atomic E-state index is 0.00101. The lowest BCUT2D eigenvalue weighted by atomic mass is 9.82. The molecule has 1 aromatic heterocycles. The van der Waals surface area contributed by atoms with Crippen molar-refractivity contribution in [2.45, 2.75) is 26.3 Å². The fourth-order valence-electron chi connectivity index (χ4n) is 5.47. The summed E-state index contributed by atoms with van der Waals surface area (Å²) in [6, 6.07) is 15.3. The number of carbonyl (C=O) groups excluding carboxylic acids is 2. The van der Waals surface area contributed by atoms with Crippen LogP contribution in [0.5, 0.6) is 0 Å². The van der Waals surface area contributed by atoms with Crippen LogP contribution in [0, 0.1) is 19.8 Å². The highest BCUT2D eigenvalue weighted by molar-refractivity contribution is 6.24. The second kappa shape index (κ2) is 6.99. The third kappa shape index (κ3) is 2.79. The van der Waals surface area contributed by atoms with Gasteiger partial charge in [0, 0.05) is 59.2 Å². The summed E-state index contributed by atoms with van der Waals surface area (Å²) in [6.07, 6.45) is 0.974. The van der Waals surface area contributed by atoms with Crippen molar-refractivity contribution in [1.29, 1.82) is 0 Å². The van der Waals surface area contributed by atoms with Gasteiger partial charge >= 0.3 is 0 Å². The van der Waals surface area contributed by atoms with Crippen molar-refractivity contribution in [3.63, 3.8) is 0 Å². The molecule has 0 unspecified atom stereocenters. The van der Waals surface area contributed by atoms with Gasteiger partial charge in [-0.3, -0.25) is 9.59 Å². The van der Waals surface area contributed by atoms with Crippen molar-refractivity contribution in [3.05, 3.63) is 76.6 Å². The summed E-state index contributed by atoms with van der Waals surface area (Å²) >= 11 is 0. The lowest BCUT2D eigenvalue weighted by Gasteiger charge is -2.53. The third-order valence-corrected chi connectivity index (χ3v) is 7.05. The van der Waals surface area contributed by atoms with E-state index in [-0.39, 0.29) is 17.7 Å². The predicted octanol–water partition coefficient (Wildman–Crippen LogP) is 3.66. The number of benzene rings is 2. The quantitative estimate of drug-likeness (QED) is 0.491. The van der Waals surface area contributed by atoms with E-state index in [0.717, 1.165) is 48.0 Å². The largest absolute Gasteiger partial charge is 0.337 e. The number of rotatable bonds is 2. The molecule has 160 valence electrons. The fourth-order valence-corrected chi connectivity index (χ4v) is 5.47. The molecule has 0 radical (unpaired) electrons. The van der Waals surface area contributed by atoms with Crippen LogP contribution in [0.3, 0.4) is 0 Å². The van der Waals surface area contributed by atoms with Crippen molar-refractivity contribution in [1.82, 2.24) is 14.9 Å². The Bertz CT molecular complexity index is 1260. The second-order valence-electron chi connectivity index (χ2n) is 9.07. The summed E-state index contributed by atoms with van der Waals surface area (Å²) in [4.78, 5) is 40.0. The van der Waals surface area contributed by atoms with E-state index >= 15 is 0 Å². The Morgan fingerprint density at radius 1 is 0.938 bits per heavy atom. The van der Waals surface area contributed by atoms with Gasteiger partial charge in [0.25, 0.3) is 5.91 Å². The molecule has 1 amide bonds. The van der Waals surface area contributed by atoms with Crippen LogP contribution in [0.2, 0.25) is 0 Å². The van der Waals surface area contributed by atoms with Crippen LogP contribution < -0.4 is 4.90 Å². The maximum absolute atomic E-state index is 13.7. The number of amides is 1. The van der Waals surface area contributed by atoms with Gasteiger partial charge in [0.2, 0.25) is 5.95 Å². The molecule has 0 N–H and O–H groups in total. The number of hydrogen-bond donors (Lipinski definition) is 0. The molecule has 2 aliphatic heterocycles. The van der Waals surface area contributed by atoms with Crippen LogP contribution in [-0.4, -0.2) is 52.2 Å². The van der Waals surface area contributed by atoms with Crippen molar-refractivity contribution in [2.24, 2.45) is 5.92 Å². The Morgan fingerprint density at radius 2 is 1.66 bits per heavy atom. The zero-order chi connectivity index (χ0) is 22.0. The third-order valence-electron chi connectivity index (χ3n) is 7.05. The lowest BCUT2D eigenvalue weighted by Crippen LogP contribution is -2.65. The summed E-state index contributed by atoms with van der Waals surface area (Å²) in [6.45, 7) is 6.31. The maximum Gasteiger partial charge on any atom is 0.254 e. The van der Waals surface area contributed by atoms with Crippen LogP contribution in [-0.2, 0) is 0 Å². The van der Waals surface area contributed by atoms with Crippen LogP contribution in [0.15, 0.2) is 48.5 Å². The average Bonchev–Trinajstić information content (AvgIpc) is 3.06. The van der Waals surface area contributed by atoms with E-state index in [9.17, 15) is 9.59 Å². The van der Waals surface area contributed by atoms with Gasteiger partial charge in [-0.05, 0) is 38.0 Å². The molecule has 32 heavy (non-hydrogen) atoms. The van der Waals surface area contributed by atoms with E-state index in [0.29, 0.717) is 29.2 Å². The van der Waals surface area contributed by atoms with Gasteiger partial charge in [-0.1, -0.05) is 36.4 Å². The molecule has 2 atom stereocenters. The van der Waals surface area contributed by atoms with Gasteiger partial charge in [-0.25, -0.2) is 9.97 Å². The van der Waals surface area contributed by atoms with E-state index in [1.807, 2.05) is 67.3 Å².